The summed E-state index contributed by atoms with van der Waals surface area (Å²) in [5.41, 5.74) is 5.32. The number of ketones is 1. The van der Waals surface area contributed by atoms with Gasteiger partial charge in [-0.05, 0) is 20.3 Å². The highest BCUT2D eigenvalue weighted by Crippen LogP contribution is 2.07. The Kier molecular flexibility index (Phi) is 13.1. The summed E-state index contributed by atoms with van der Waals surface area (Å²) >= 11 is 0.931. The molecule has 2 unspecified atom stereocenters. The van der Waals surface area contributed by atoms with Crippen LogP contribution in [0, 0.1) is 0 Å². The molecule has 0 rings (SSSR count). The summed E-state index contributed by atoms with van der Waals surface area (Å²) in [5, 5.41) is 21.9. The lowest BCUT2D eigenvalue weighted by Gasteiger charge is -2.19. The summed E-state index contributed by atoms with van der Waals surface area (Å²) in [4.78, 5) is 70.8. The van der Waals surface area contributed by atoms with Crippen molar-refractivity contribution in [3.05, 3.63) is 0 Å². The monoisotopic (exact) mass is 448 g/mol. The number of nitrogens with zero attached hydrogens (tertiary/aromatic N) is 1. The first-order valence-corrected chi connectivity index (χ1v) is 10.4. The van der Waals surface area contributed by atoms with Gasteiger partial charge in [0.05, 0.1) is 5.75 Å². The number of thioether (sulfide) groups is 1. The van der Waals surface area contributed by atoms with Crippen molar-refractivity contribution >= 4 is 47.2 Å². The molecular weight excluding hydrogens is 420 g/mol. The van der Waals surface area contributed by atoms with Crippen LogP contribution in [0.25, 0.3) is 0 Å². The van der Waals surface area contributed by atoms with Crippen molar-refractivity contribution in [2.75, 3.05) is 31.1 Å². The van der Waals surface area contributed by atoms with Gasteiger partial charge in [-0.15, -0.1) is 0 Å². The second-order valence-electron chi connectivity index (χ2n) is 6.13. The van der Waals surface area contributed by atoms with Crippen LogP contribution in [0.4, 0.5) is 0 Å². The Morgan fingerprint density at radius 3 is 2.17 bits per heavy atom. The molecule has 0 aliphatic carbocycles. The van der Waals surface area contributed by atoms with Gasteiger partial charge >= 0.3 is 11.9 Å². The van der Waals surface area contributed by atoms with Gasteiger partial charge in [0.25, 0.3) is 5.91 Å². The summed E-state index contributed by atoms with van der Waals surface area (Å²) in [7, 11) is 0. The van der Waals surface area contributed by atoms with Crippen LogP contribution >= 0.6 is 11.8 Å². The van der Waals surface area contributed by atoms with Crippen molar-refractivity contribution < 1.29 is 39.0 Å². The zero-order valence-electron chi connectivity index (χ0n) is 16.9. The van der Waals surface area contributed by atoms with Crippen molar-refractivity contribution in [2.45, 2.75) is 38.8 Å². The highest BCUT2D eigenvalue weighted by molar-refractivity contribution is 8.00. The van der Waals surface area contributed by atoms with Crippen molar-refractivity contribution in [1.82, 2.24) is 15.5 Å². The summed E-state index contributed by atoms with van der Waals surface area (Å²) < 4.78 is 0. The third kappa shape index (κ3) is 10.8. The molecule has 0 saturated carbocycles. The first kappa shape index (κ1) is 27.3. The van der Waals surface area contributed by atoms with Gasteiger partial charge in [-0.1, -0.05) is 0 Å². The lowest BCUT2D eigenvalue weighted by molar-refractivity contribution is -0.143. The van der Waals surface area contributed by atoms with E-state index in [2.05, 4.69) is 10.6 Å². The molecule has 170 valence electrons. The SMILES string of the molecule is CCN(CC)C(=O)C(=O)CSCC(NC(=O)CCC(N)C(=O)O)C(=O)NCC(=O)O. The molecule has 0 aliphatic rings. The van der Waals surface area contributed by atoms with Crippen LogP contribution in [-0.4, -0.2) is 93.8 Å². The molecule has 0 heterocycles. The number of carboxylic acid groups (broad SMARTS) is 2. The van der Waals surface area contributed by atoms with E-state index in [1.165, 1.54) is 4.90 Å². The van der Waals surface area contributed by atoms with E-state index < -0.39 is 54.1 Å². The van der Waals surface area contributed by atoms with E-state index in [9.17, 15) is 28.8 Å². The average Bonchev–Trinajstić information content (AvgIpc) is 2.69. The fourth-order valence-electron chi connectivity index (χ4n) is 2.16. The summed E-state index contributed by atoms with van der Waals surface area (Å²) in [6, 6.07) is -2.42. The maximum Gasteiger partial charge on any atom is 0.322 e. The molecule has 0 spiro atoms. The van der Waals surface area contributed by atoms with Gasteiger partial charge in [-0.3, -0.25) is 28.8 Å². The molecule has 0 aromatic heterocycles. The summed E-state index contributed by atoms with van der Waals surface area (Å²) in [6.45, 7) is 3.55. The molecule has 0 bridgehead atoms. The number of carbonyl (C=O) groups excluding carboxylic acids is 4. The maximum atomic E-state index is 12.2. The molecule has 0 saturated heterocycles. The molecule has 30 heavy (non-hydrogen) atoms. The summed E-state index contributed by atoms with van der Waals surface area (Å²) in [6.07, 6.45) is -0.422. The molecule has 6 N–H and O–H groups in total. The normalized spacial score (nSPS) is 12.4. The number of likely N-dealkylation sites (N-methyl/N-ethyl adjacent to an activating group) is 1. The third-order valence-corrected chi connectivity index (χ3v) is 4.91. The molecular formula is C17H28N4O8S. The Morgan fingerprint density at radius 2 is 1.67 bits per heavy atom. The zero-order chi connectivity index (χ0) is 23.3. The van der Waals surface area contributed by atoms with Gasteiger partial charge in [0.2, 0.25) is 17.6 Å². The first-order valence-electron chi connectivity index (χ1n) is 9.20. The molecule has 0 aromatic rings. The zero-order valence-corrected chi connectivity index (χ0v) is 17.7. The second-order valence-corrected chi connectivity index (χ2v) is 7.16. The minimum absolute atomic E-state index is 0.0978. The minimum Gasteiger partial charge on any atom is -0.480 e. The summed E-state index contributed by atoms with van der Waals surface area (Å²) in [5.74, 6) is -5.63. The lowest BCUT2D eigenvalue weighted by atomic mass is 10.1. The Morgan fingerprint density at radius 1 is 1.07 bits per heavy atom. The number of hydrogen-bond donors (Lipinski definition) is 5. The van der Waals surface area contributed by atoms with Crippen LogP contribution in [-0.2, 0) is 28.8 Å². The molecule has 0 radical (unpaired) electrons. The molecule has 2 atom stereocenters. The van der Waals surface area contributed by atoms with Crippen LogP contribution in [0.2, 0.25) is 0 Å². The number of nitrogens with two attached hydrogens (primary N) is 1. The van der Waals surface area contributed by atoms with Gasteiger partial charge in [-0.2, -0.15) is 11.8 Å². The Labute approximate surface area is 177 Å². The average molecular weight is 448 g/mol. The van der Waals surface area contributed by atoms with Gasteiger partial charge < -0.3 is 31.5 Å². The molecule has 13 heteroatoms. The topological polar surface area (TPSA) is 196 Å². The maximum absolute atomic E-state index is 12.2. The van der Waals surface area contributed by atoms with Crippen LogP contribution < -0.4 is 16.4 Å². The van der Waals surface area contributed by atoms with E-state index >= 15 is 0 Å². The Balaban J connectivity index is 4.85. The highest BCUT2D eigenvalue weighted by atomic mass is 32.2. The largest absolute Gasteiger partial charge is 0.480 e. The quantitative estimate of drug-likeness (QED) is 0.175. The number of Topliss-reactive ketones (excluding diaryl/α,β-unsaturated/α-hetero) is 1. The minimum atomic E-state index is -1.28. The number of hydrogen-bond acceptors (Lipinski definition) is 8. The number of rotatable bonds is 15. The number of amides is 3. The number of carboxylic acids is 2. The Bertz CT molecular complexity index is 654. The standard InChI is InChI=1S/C17H28N4O8S/c1-3-21(4-2)16(27)12(22)9-30-8-11(15(26)19-7-14(24)25)20-13(23)6-5-10(18)17(28)29/h10-11H,3-9,18H2,1-2H3,(H,19,26)(H,20,23)(H,24,25)(H,28,29). The fourth-order valence-corrected chi connectivity index (χ4v) is 3.06. The van der Waals surface area contributed by atoms with E-state index in [1.54, 1.807) is 13.8 Å². The van der Waals surface area contributed by atoms with Gasteiger partial charge in [-0.25, -0.2) is 0 Å². The van der Waals surface area contributed by atoms with Crippen LogP contribution in [0.3, 0.4) is 0 Å². The molecule has 3 amide bonds. The first-order chi connectivity index (χ1) is 14.0. The molecule has 0 aliphatic heterocycles. The van der Waals surface area contributed by atoms with E-state index in [0.717, 1.165) is 11.8 Å². The van der Waals surface area contributed by atoms with Gasteiger partial charge in [0.1, 0.15) is 18.6 Å². The fraction of sp³-hybridized carbons (Fsp3) is 0.647. The third-order valence-electron chi connectivity index (χ3n) is 3.87. The van der Waals surface area contributed by atoms with E-state index in [4.69, 9.17) is 15.9 Å². The van der Waals surface area contributed by atoms with E-state index in [-0.39, 0.29) is 24.3 Å². The van der Waals surface area contributed by atoms with Crippen LogP contribution in [0.5, 0.6) is 0 Å². The van der Waals surface area contributed by atoms with E-state index in [1.807, 2.05) is 0 Å². The Hall–Kier alpha value is -2.67. The second kappa shape index (κ2) is 14.3. The number of aliphatic carboxylic acids is 2. The van der Waals surface area contributed by atoms with Gasteiger partial charge in [0, 0.05) is 25.3 Å². The van der Waals surface area contributed by atoms with Gasteiger partial charge in [0.15, 0.2) is 0 Å². The van der Waals surface area contributed by atoms with Crippen molar-refractivity contribution in [1.29, 1.82) is 0 Å². The predicted molar refractivity (Wildman–Crippen MR) is 108 cm³/mol. The molecule has 0 aromatic carbocycles. The van der Waals surface area contributed by atoms with Crippen molar-refractivity contribution in [3.8, 4) is 0 Å². The van der Waals surface area contributed by atoms with Crippen LogP contribution in [0.1, 0.15) is 26.7 Å². The number of carbonyl (C=O) groups is 6. The highest BCUT2D eigenvalue weighted by Gasteiger charge is 2.24. The van der Waals surface area contributed by atoms with Crippen molar-refractivity contribution in [2.24, 2.45) is 5.73 Å². The lowest BCUT2D eigenvalue weighted by Crippen LogP contribution is -2.49. The predicted octanol–water partition coefficient (Wildman–Crippen LogP) is -1.97. The molecule has 0 fully saturated rings. The van der Waals surface area contributed by atoms with E-state index in [0.29, 0.717) is 13.1 Å². The number of nitrogens with one attached hydrogen (secondary N) is 2. The van der Waals surface area contributed by atoms with Crippen molar-refractivity contribution in [3.63, 3.8) is 0 Å². The molecule has 12 nitrogen and oxygen atoms in total. The smallest absolute Gasteiger partial charge is 0.322 e. The van der Waals surface area contributed by atoms with Crippen LogP contribution in [0.15, 0.2) is 0 Å².